The molecule has 6 atom stereocenters. The van der Waals surface area contributed by atoms with Crippen LogP contribution in [0.5, 0.6) is 5.75 Å². The van der Waals surface area contributed by atoms with Crippen molar-refractivity contribution in [1.29, 1.82) is 0 Å². The second kappa shape index (κ2) is 17.5. The van der Waals surface area contributed by atoms with Crippen LogP contribution in [0.1, 0.15) is 92.2 Å². The quantitative estimate of drug-likeness (QED) is 0.0911. The van der Waals surface area contributed by atoms with Crippen LogP contribution in [0.2, 0.25) is 0 Å². The van der Waals surface area contributed by atoms with Gasteiger partial charge in [0.2, 0.25) is 5.91 Å². The number of carbonyl (C=O) groups excluding carboxylic acids is 3. The van der Waals surface area contributed by atoms with Crippen molar-refractivity contribution in [3.8, 4) is 39.4 Å². The lowest BCUT2D eigenvalue weighted by molar-refractivity contribution is -0.137. The Morgan fingerprint density at radius 1 is 0.906 bits per heavy atom. The number of rotatable bonds is 11. The van der Waals surface area contributed by atoms with Gasteiger partial charge in [0, 0.05) is 42.4 Å². The lowest BCUT2D eigenvalue weighted by atomic mass is 9.86. The fraction of sp³-hybridized carbons (Fsp3) is 0.417. The van der Waals surface area contributed by atoms with Crippen molar-refractivity contribution in [3.63, 3.8) is 0 Å². The third-order valence-corrected chi connectivity index (χ3v) is 13.3. The van der Waals surface area contributed by atoms with E-state index in [0.717, 1.165) is 81.9 Å². The van der Waals surface area contributed by atoms with Crippen molar-refractivity contribution in [2.75, 3.05) is 27.4 Å². The number of aromatic nitrogens is 4. The molecule has 3 aromatic carbocycles. The molecular weight excluding hydrogens is 817 g/mol. The zero-order chi connectivity index (χ0) is 44.8. The Balaban J connectivity index is 0.959. The highest BCUT2D eigenvalue weighted by molar-refractivity contribution is 5.88. The minimum absolute atomic E-state index is 0.0230. The molecule has 2 aromatic heterocycles. The normalized spacial score (nSPS) is 20.7. The van der Waals surface area contributed by atoms with Crippen molar-refractivity contribution in [3.05, 3.63) is 101 Å². The maximum atomic E-state index is 14.3. The molecule has 0 spiro atoms. The number of carboxylic acid groups (broad SMARTS) is 1. The van der Waals surface area contributed by atoms with E-state index in [1.807, 2.05) is 37.9 Å². The molecule has 4 aliphatic rings. The van der Waals surface area contributed by atoms with E-state index >= 15 is 0 Å². The Hall–Kier alpha value is -6.68. The van der Waals surface area contributed by atoms with Crippen molar-refractivity contribution in [1.82, 2.24) is 40.4 Å². The summed E-state index contributed by atoms with van der Waals surface area (Å²) in [6, 6.07) is 17.1. The van der Waals surface area contributed by atoms with E-state index in [1.165, 1.54) is 7.11 Å². The molecule has 0 bridgehead atoms. The number of hydrogen-bond donors (Lipinski definition) is 5. The van der Waals surface area contributed by atoms with Crippen molar-refractivity contribution >= 4 is 24.0 Å². The van der Waals surface area contributed by atoms with E-state index in [2.05, 4.69) is 50.9 Å². The van der Waals surface area contributed by atoms with Gasteiger partial charge in [0.05, 0.1) is 43.4 Å². The Kier molecular flexibility index (Phi) is 11.6. The number of aromatic amines is 2. The van der Waals surface area contributed by atoms with Crippen molar-refractivity contribution < 1.29 is 38.5 Å². The lowest BCUT2D eigenvalue weighted by Gasteiger charge is -2.32. The number of imidazole rings is 2. The van der Waals surface area contributed by atoms with E-state index in [9.17, 15) is 24.3 Å². The van der Waals surface area contributed by atoms with Gasteiger partial charge in [-0.2, -0.15) is 0 Å². The molecule has 16 nitrogen and oxygen atoms in total. The molecule has 64 heavy (non-hydrogen) atoms. The van der Waals surface area contributed by atoms with Gasteiger partial charge in [-0.05, 0) is 91.0 Å². The molecule has 5 N–H and O–H groups in total. The van der Waals surface area contributed by atoms with Gasteiger partial charge in [0.1, 0.15) is 36.1 Å². The highest BCUT2D eigenvalue weighted by Crippen LogP contribution is 2.46. The van der Waals surface area contributed by atoms with Crippen LogP contribution in [0.25, 0.3) is 33.6 Å². The fourth-order valence-electron chi connectivity index (χ4n) is 10.1. The largest absolute Gasteiger partial charge is 0.488 e. The second-order valence-corrected chi connectivity index (χ2v) is 17.7. The van der Waals surface area contributed by atoms with Gasteiger partial charge in [-0.25, -0.2) is 19.6 Å². The second-order valence-electron chi connectivity index (χ2n) is 17.7. The van der Waals surface area contributed by atoms with Crippen molar-refractivity contribution in [2.45, 2.75) is 89.7 Å². The molecule has 2 fully saturated rings. The number of alkyl carbamates (subject to hydrolysis) is 1. The summed E-state index contributed by atoms with van der Waals surface area (Å²) in [6.07, 6.45) is 3.61. The SMILES string of the molecule is COC[C@H]1C[C@@H](c2nc3c([nH]2)CCc2cc4c(cc2-3)OCc2cc(-c3cnc([C@@H]5CC[C@H](C)N5C(=O)[C@@H](NC(=O)OC)C(C)C)[nH]3)ccc2-4)N(C(=O)[C@H](NC(=O)O)c2ccccc2)C1. The first-order valence-electron chi connectivity index (χ1n) is 22.0. The van der Waals surface area contributed by atoms with Gasteiger partial charge in [-0.15, -0.1) is 0 Å². The first kappa shape index (κ1) is 42.6. The number of methoxy groups -OCH3 is 2. The minimum atomic E-state index is -1.28. The Bertz CT molecular complexity index is 2590. The molecule has 9 rings (SSSR count). The molecule has 0 saturated carbocycles. The predicted octanol–water partition coefficient (Wildman–Crippen LogP) is 7.10. The highest BCUT2D eigenvalue weighted by atomic mass is 16.5. The van der Waals surface area contributed by atoms with Gasteiger partial charge in [0.15, 0.2) is 0 Å². The number of ether oxygens (including phenoxy) is 3. The number of benzene rings is 3. The topological polar surface area (TPSA) is 204 Å². The van der Waals surface area contributed by atoms with Crippen LogP contribution in [-0.2, 0) is 38.5 Å². The first-order chi connectivity index (χ1) is 30.9. The summed E-state index contributed by atoms with van der Waals surface area (Å²) in [5.41, 5.74) is 9.47. The van der Waals surface area contributed by atoms with Gasteiger partial charge < -0.3 is 49.7 Å². The number of carbonyl (C=O) groups is 4. The van der Waals surface area contributed by atoms with Gasteiger partial charge >= 0.3 is 12.2 Å². The summed E-state index contributed by atoms with van der Waals surface area (Å²) in [6.45, 7) is 7.07. The summed E-state index contributed by atoms with van der Waals surface area (Å²) >= 11 is 0. The summed E-state index contributed by atoms with van der Waals surface area (Å²) < 4.78 is 16.8. The molecule has 334 valence electrons. The number of nitrogens with zero attached hydrogens (tertiary/aromatic N) is 4. The monoisotopic (exact) mass is 870 g/mol. The summed E-state index contributed by atoms with van der Waals surface area (Å²) in [5.74, 6) is 1.56. The lowest BCUT2D eigenvalue weighted by Crippen LogP contribution is -2.52. The molecule has 4 amide bonds. The molecule has 0 unspecified atom stereocenters. The van der Waals surface area contributed by atoms with Crippen LogP contribution in [0, 0.1) is 11.8 Å². The molecular formula is C48H54N8O8. The minimum Gasteiger partial charge on any atom is -0.488 e. The summed E-state index contributed by atoms with van der Waals surface area (Å²) in [7, 11) is 2.93. The molecule has 0 radical (unpaired) electrons. The Labute approximate surface area is 371 Å². The number of amides is 4. The average Bonchev–Trinajstić information content (AvgIpc) is 4.12. The van der Waals surface area contributed by atoms with E-state index < -0.39 is 30.3 Å². The number of H-pyrrole nitrogens is 2. The zero-order valence-corrected chi connectivity index (χ0v) is 36.6. The van der Waals surface area contributed by atoms with Crippen LogP contribution in [0.15, 0.2) is 66.9 Å². The van der Waals surface area contributed by atoms with Gasteiger partial charge in [-0.3, -0.25) is 9.59 Å². The summed E-state index contributed by atoms with van der Waals surface area (Å²) in [4.78, 5) is 72.8. The number of aryl methyl sites for hydroxylation is 2. The van der Waals surface area contributed by atoms with Crippen LogP contribution in [-0.4, -0.2) is 98.3 Å². The molecule has 5 aromatic rings. The fourth-order valence-corrected chi connectivity index (χ4v) is 10.1. The van der Waals surface area contributed by atoms with Gasteiger partial charge in [-0.1, -0.05) is 56.3 Å². The van der Waals surface area contributed by atoms with Crippen LogP contribution < -0.4 is 15.4 Å². The average molecular weight is 871 g/mol. The maximum Gasteiger partial charge on any atom is 0.407 e. The molecule has 5 heterocycles. The van der Waals surface area contributed by atoms with Gasteiger partial charge in [0.25, 0.3) is 5.91 Å². The Morgan fingerprint density at radius 2 is 1.72 bits per heavy atom. The van der Waals surface area contributed by atoms with Crippen LogP contribution in [0.3, 0.4) is 0 Å². The van der Waals surface area contributed by atoms with E-state index in [1.54, 1.807) is 36.3 Å². The third-order valence-electron chi connectivity index (χ3n) is 13.3. The van der Waals surface area contributed by atoms with E-state index in [4.69, 9.17) is 24.2 Å². The highest BCUT2D eigenvalue weighted by Gasteiger charge is 2.43. The van der Waals surface area contributed by atoms with E-state index in [0.29, 0.717) is 43.4 Å². The number of likely N-dealkylation sites (tertiary alicyclic amines) is 2. The first-order valence-corrected chi connectivity index (χ1v) is 22.0. The Morgan fingerprint density at radius 3 is 2.47 bits per heavy atom. The third kappa shape index (κ3) is 7.95. The van der Waals surface area contributed by atoms with E-state index in [-0.39, 0.29) is 35.7 Å². The number of hydrogen-bond acceptors (Lipinski definition) is 9. The number of fused-ring (bicyclic) bond motifs is 6. The maximum absolute atomic E-state index is 14.3. The number of nitrogens with one attached hydrogen (secondary N) is 4. The summed E-state index contributed by atoms with van der Waals surface area (Å²) in [5, 5.41) is 14.9. The molecule has 2 saturated heterocycles. The predicted molar refractivity (Wildman–Crippen MR) is 236 cm³/mol. The van der Waals surface area contributed by atoms with Crippen LogP contribution in [0.4, 0.5) is 9.59 Å². The van der Waals surface area contributed by atoms with Crippen LogP contribution >= 0.6 is 0 Å². The van der Waals surface area contributed by atoms with Crippen molar-refractivity contribution in [2.24, 2.45) is 11.8 Å². The molecule has 16 heteroatoms. The molecule has 1 aliphatic carbocycles. The molecule has 3 aliphatic heterocycles. The standard InChI is InChI=1S/C48H54N8O8/c1-25(2)40(54-48(61)63-5)46(58)56-26(3)11-16-37(56)43-49-21-36(51-43)30-12-14-32-31(18-30)24-64-39-20-33-29(19-34(32)39)13-15-35-42(33)52-44(50-35)38-17-27(23-62-4)22-55(38)45(57)41(53-47(59)60)28-9-7-6-8-10-28/h6-10,12,14,18-21,25-27,37-38,40-41,53H,11,13,15-17,22-24H2,1-5H3,(H,49,51)(H,50,52)(H,54,61)(H,59,60)/t26-,27-,37-,38-,40-,41+/m0/s1. The smallest absolute Gasteiger partial charge is 0.407 e. The zero-order valence-electron chi connectivity index (χ0n) is 36.6.